The monoisotopic (exact) mass is 496 g/mol. The normalized spacial score (nSPS) is 13.7. The molecule has 36 heavy (non-hydrogen) atoms. The van der Waals surface area contributed by atoms with E-state index in [1.54, 1.807) is 19.1 Å². The van der Waals surface area contributed by atoms with Gasteiger partial charge in [-0.15, -0.1) is 0 Å². The van der Waals surface area contributed by atoms with Crippen LogP contribution in [0.5, 0.6) is 5.75 Å². The van der Waals surface area contributed by atoms with Crippen LogP contribution >= 0.6 is 0 Å². The number of aryl methyl sites for hydroxylation is 1. The van der Waals surface area contributed by atoms with Gasteiger partial charge >= 0.3 is 0 Å². The highest BCUT2D eigenvalue weighted by atomic mass is 16.5. The molecule has 2 heterocycles. The molecule has 3 N–H and O–H groups in total. The lowest BCUT2D eigenvalue weighted by atomic mass is 9.97. The fourth-order valence-corrected chi connectivity index (χ4v) is 4.69. The summed E-state index contributed by atoms with van der Waals surface area (Å²) in [5.74, 6) is -0.119. The van der Waals surface area contributed by atoms with Crippen LogP contribution in [0.15, 0.2) is 35.6 Å². The molecule has 1 aromatic heterocycles. The lowest BCUT2D eigenvalue weighted by Gasteiger charge is -2.38. The number of methoxy groups -OCH3 is 1. The highest BCUT2D eigenvalue weighted by molar-refractivity contribution is 5.97. The number of pyridine rings is 1. The molecule has 194 valence electrons. The summed E-state index contributed by atoms with van der Waals surface area (Å²) >= 11 is 0. The van der Waals surface area contributed by atoms with Gasteiger partial charge in [0.1, 0.15) is 5.75 Å². The third kappa shape index (κ3) is 6.15. The molecule has 1 aliphatic heterocycles. The van der Waals surface area contributed by atoms with Gasteiger partial charge in [0.15, 0.2) is 0 Å². The smallest absolute Gasteiger partial charge is 0.256 e. The second kappa shape index (κ2) is 12.4. The first kappa shape index (κ1) is 27.0. The van der Waals surface area contributed by atoms with E-state index in [0.717, 1.165) is 36.2 Å². The van der Waals surface area contributed by atoms with E-state index in [1.807, 2.05) is 13.0 Å². The van der Waals surface area contributed by atoms with Gasteiger partial charge in [0.25, 0.3) is 11.5 Å². The van der Waals surface area contributed by atoms with Crippen LogP contribution in [-0.4, -0.2) is 49.7 Å². The first-order valence-electron chi connectivity index (χ1n) is 12.2. The van der Waals surface area contributed by atoms with Crippen molar-refractivity contribution in [1.29, 1.82) is 0 Å². The van der Waals surface area contributed by atoms with Crippen LogP contribution in [-0.2, 0) is 22.6 Å². The van der Waals surface area contributed by atoms with Crippen molar-refractivity contribution in [3.63, 3.8) is 0 Å². The summed E-state index contributed by atoms with van der Waals surface area (Å²) in [4.78, 5) is 42.6. The highest BCUT2D eigenvalue weighted by Crippen LogP contribution is 2.32. The first-order chi connectivity index (χ1) is 17.3. The third-order valence-electron chi connectivity index (χ3n) is 6.53. The molecule has 0 spiro atoms. The molecule has 0 bridgehead atoms. The third-order valence-corrected chi connectivity index (χ3v) is 6.53. The number of hydrogen-bond acceptors (Lipinski definition) is 6. The Labute approximate surface area is 211 Å². The van der Waals surface area contributed by atoms with Gasteiger partial charge in [0.05, 0.1) is 19.2 Å². The SMILES string of the molecule is C=CC(=O)NCc1ccc(C(=O)NCc2c(OC)cc(C)[nH]c2=O)c(C)c1N(CC)C1CCOCC1. The number of H-pyrrole nitrogens is 1. The Morgan fingerprint density at radius 1 is 1.22 bits per heavy atom. The zero-order valence-corrected chi connectivity index (χ0v) is 21.5. The van der Waals surface area contributed by atoms with Crippen LogP contribution < -0.4 is 25.8 Å². The minimum atomic E-state index is -0.297. The number of anilines is 1. The average molecular weight is 497 g/mol. The zero-order valence-electron chi connectivity index (χ0n) is 21.5. The van der Waals surface area contributed by atoms with E-state index < -0.39 is 0 Å². The van der Waals surface area contributed by atoms with Gasteiger partial charge in [0.2, 0.25) is 5.91 Å². The molecule has 9 nitrogen and oxygen atoms in total. The van der Waals surface area contributed by atoms with E-state index in [-0.39, 0.29) is 30.0 Å². The molecule has 0 radical (unpaired) electrons. The van der Waals surface area contributed by atoms with Crippen LogP contribution in [0.4, 0.5) is 5.69 Å². The maximum Gasteiger partial charge on any atom is 0.256 e. The van der Waals surface area contributed by atoms with Crippen LogP contribution in [0.3, 0.4) is 0 Å². The van der Waals surface area contributed by atoms with Crippen molar-refractivity contribution in [3.05, 3.63) is 69.2 Å². The molecule has 2 amide bonds. The van der Waals surface area contributed by atoms with Crippen LogP contribution in [0.25, 0.3) is 0 Å². The number of amides is 2. The molecule has 1 aromatic carbocycles. The summed E-state index contributed by atoms with van der Waals surface area (Å²) in [6, 6.07) is 5.64. The highest BCUT2D eigenvalue weighted by Gasteiger charge is 2.26. The van der Waals surface area contributed by atoms with Crippen molar-refractivity contribution in [3.8, 4) is 5.75 Å². The average Bonchev–Trinajstić information content (AvgIpc) is 2.88. The quantitative estimate of drug-likeness (QED) is 0.436. The molecule has 2 aromatic rings. The fraction of sp³-hybridized carbons (Fsp3) is 0.444. The van der Waals surface area contributed by atoms with Crippen molar-refractivity contribution in [1.82, 2.24) is 15.6 Å². The molecule has 1 saturated heterocycles. The van der Waals surface area contributed by atoms with Gasteiger partial charge in [-0.05, 0) is 62.9 Å². The van der Waals surface area contributed by atoms with Crippen LogP contribution in [0.1, 0.15) is 52.5 Å². The molecule has 0 saturated carbocycles. The molecular weight excluding hydrogens is 460 g/mol. The topological polar surface area (TPSA) is 113 Å². The minimum absolute atomic E-state index is 0.0288. The van der Waals surface area contributed by atoms with Crippen molar-refractivity contribution >= 4 is 17.5 Å². The Morgan fingerprint density at radius 3 is 2.58 bits per heavy atom. The Hall–Kier alpha value is -3.59. The summed E-state index contributed by atoms with van der Waals surface area (Å²) in [5, 5.41) is 5.73. The molecular formula is C27H36N4O5. The summed E-state index contributed by atoms with van der Waals surface area (Å²) in [6.45, 7) is 11.8. The second-order valence-corrected chi connectivity index (χ2v) is 8.81. The number of ether oxygens (including phenoxy) is 2. The van der Waals surface area contributed by atoms with Gasteiger partial charge in [-0.25, -0.2) is 0 Å². The number of nitrogens with zero attached hydrogens (tertiary/aromatic N) is 1. The summed E-state index contributed by atoms with van der Waals surface area (Å²) < 4.78 is 10.9. The van der Waals surface area contributed by atoms with E-state index in [9.17, 15) is 14.4 Å². The maximum absolute atomic E-state index is 13.3. The number of benzene rings is 1. The lowest BCUT2D eigenvalue weighted by molar-refractivity contribution is -0.116. The number of aromatic nitrogens is 1. The number of nitrogens with one attached hydrogen (secondary N) is 3. The Bertz CT molecular complexity index is 1170. The van der Waals surface area contributed by atoms with E-state index in [1.165, 1.54) is 13.2 Å². The maximum atomic E-state index is 13.3. The van der Waals surface area contributed by atoms with Gasteiger partial charge < -0.3 is 30.0 Å². The van der Waals surface area contributed by atoms with E-state index in [4.69, 9.17) is 9.47 Å². The van der Waals surface area contributed by atoms with Crippen LogP contribution in [0.2, 0.25) is 0 Å². The van der Waals surface area contributed by atoms with E-state index >= 15 is 0 Å². The van der Waals surface area contributed by atoms with Gasteiger partial charge in [-0.3, -0.25) is 14.4 Å². The first-order valence-corrected chi connectivity index (χ1v) is 12.2. The molecule has 0 atom stereocenters. The molecule has 9 heteroatoms. The summed E-state index contributed by atoms with van der Waals surface area (Å²) in [7, 11) is 1.50. The van der Waals surface area contributed by atoms with Crippen molar-refractivity contribution in [2.24, 2.45) is 0 Å². The second-order valence-electron chi connectivity index (χ2n) is 8.81. The predicted octanol–water partition coefficient (Wildman–Crippen LogP) is 2.74. The molecule has 1 fully saturated rings. The minimum Gasteiger partial charge on any atom is -0.496 e. The van der Waals surface area contributed by atoms with Crippen molar-refractivity contribution in [2.75, 3.05) is 31.8 Å². The van der Waals surface area contributed by atoms with Crippen LogP contribution in [0, 0.1) is 13.8 Å². The van der Waals surface area contributed by atoms with Gasteiger partial charge in [0, 0.05) is 49.3 Å². The summed E-state index contributed by atoms with van der Waals surface area (Å²) in [6.07, 6.45) is 3.02. The number of carbonyl (C=O) groups is 2. The number of carbonyl (C=O) groups excluding carboxylic acids is 2. The predicted molar refractivity (Wildman–Crippen MR) is 140 cm³/mol. The molecule has 0 unspecified atom stereocenters. The Balaban J connectivity index is 1.94. The largest absolute Gasteiger partial charge is 0.496 e. The summed E-state index contributed by atoms with van der Waals surface area (Å²) in [5.41, 5.74) is 3.92. The number of hydrogen-bond donors (Lipinski definition) is 3. The zero-order chi connectivity index (χ0) is 26.2. The van der Waals surface area contributed by atoms with Crippen molar-refractivity contribution < 1.29 is 19.1 Å². The van der Waals surface area contributed by atoms with Gasteiger partial charge in [-0.1, -0.05) is 12.6 Å². The molecule has 0 aliphatic carbocycles. The molecule has 3 rings (SSSR count). The van der Waals surface area contributed by atoms with Crippen molar-refractivity contribution in [2.45, 2.75) is 52.7 Å². The number of rotatable bonds is 10. The lowest BCUT2D eigenvalue weighted by Crippen LogP contribution is -2.41. The standard InChI is InChI=1S/C27H36N4O5/c1-6-24(32)28-15-19-8-9-21(18(4)25(19)31(7-2)20-10-12-36-13-11-20)26(33)29-16-22-23(35-5)14-17(3)30-27(22)34/h6,8-9,14,20H,1,7,10-13,15-16H2,2-5H3,(H,28,32)(H,29,33)(H,30,34). The van der Waals surface area contributed by atoms with E-state index in [2.05, 4.69) is 34.0 Å². The Kier molecular flexibility index (Phi) is 9.30. The number of aromatic amines is 1. The fourth-order valence-electron chi connectivity index (χ4n) is 4.69. The van der Waals surface area contributed by atoms with Gasteiger partial charge in [-0.2, -0.15) is 0 Å². The Morgan fingerprint density at radius 2 is 1.94 bits per heavy atom. The molecule has 1 aliphatic rings. The van der Waals surface area contributed by atoms with E-state index in [0.29, 0.717) is 42.3 Å².